The van der Waals surface area contributed by atoms with Crippen molar-refractivity contribution in [2.24, 2.45) is 5.73 Å². The summed E-state index contributed by atoms with van der Waals surface area (Å²) in [4.78, 5) is 25.6. The van der Waals surface area contributed by atoms with Gasteiger partial charge in [-0.05, 0) is 25.3 Å². The summed E-state index contributed by atoms with van der Waals surface area (Å²) in [5.74, 6) is -0.437. The molecule has 21 heavy (non-hydrogen) atoms. The van der Waals surface area contributed by atoms with Crippen LogP contribution in [0, 0.1) is 0 Å². The largest absolute Gasteiger partial charge is 0.465 e. The molecule has 114 valence electrons. The number of nitrogens with two attached hydrogens (primary N) is 1. The van der Waals surface area contributed by atoms with E-state index in [4.69, 9.17) is 10.5 Å². The monoisotopic (exact) mass is 290 g/mol. The van der Waals surface area contributed by atoms with Crippen LogP contribution in [0.2, 0.25) is 0 Å². The van der Waals surface area contributed by atoms with Gasteiger partial charge in [-0.1, -0.05) is 30.3 Å². The number of nitrogens with zero attached hydrogens (tertiary/aromatic N) is 1. The van der Waals surface area contributed by atoms with Crippen molar-refractivity contribution in [1.29, 1.82) is 0 Å². The van der Waals surface area contributed by atoms with Crippen LogP contribution in [0.25, 0.3) is 0 Å². The SMILES string of the molecule is CCOC(=O)CN(C(=O)CC(N)c1ccccc1)C1CC1. The topological polar surface area (TPSA) is 72.6 Å². The molecule has 1 amide bonds. The fraction of sp³-hybridized carbons (Fsp3) is 0.500. The Morgan fingerprint density at radius 2 is 2.00 bits per heavy atom. The number of ether oxygens (including phenoxy) is 1. The molecule has 5 nitrogen and oxygen atoms in total. The van der Waals surface area contributed by atoms with Gasteiger partial charge in [0.1, 0.15) is 6.54 Å². The molecule has 1 saturated carbocycles. The van der Waals surface area contributed by atoms with Crippen molar-refractivity contribution in [3.05, 3.63) is 35.9 Å². The van der Waals surface area contributed by atoms with Crippen molar-refractivity contribution in [1.82, 2.24) is 4.90 Å². The highest BCUT2D eigenvalue weighted by atomic mass is 16.5. The minimum Gasteiger partial charge on any atom is -0.465 e. The molecule has 2 rings (SSSR count). The van der Waals surface area contributed by atoms with E-state index >= 15 is 0 Å². The van der Waals surface area contributed by atoms with Crippen molar-refractivity contribution >= 4 is 11.9 Å². The van der Waals surface area contributed by atoms with Gasteiger partial charge in [0.25, 0.3) is 0 Å². The highest BCUT2D eigenvalue weighted by Crippen LogP contribution is 2.28. The first-order valence-corrected chi connectivity index (χ1v) is 7.37. The van der Waals surface area contributed by atoms with Gasteiger partial charge in [-0.2, -0.15) is 0 Å². The van der Waals surface area contributed by atoms with Gasteiger partial charge in [-0.15, -0.1) is 0 Å². The highest BCUT2D eigenvalue weighted by Gasteiger charge is 2.34. The Morgan fingerprint density at radius 3 is 2.57 bits per heavy atom. The molecule has 1 aromatic rings. The number of carbonyl (C=O) groups is 2. The minimum atomic E-state index is -0.356. The van der Waals surface area contributed by atoms with Crippen molar-refractivity contribution < 1.29 is 14.3 Å². The quantitative estimate of drug-likeness (QED) is 0.775. The maximum absolute atomic E-state index is 12.4. The Kier molecular flexibility index (Phi) is 5.33. The first kappa shape index (κ1) is 15.5. The molecular weight excluding hydrogens is 268 g/mol. The van der Waals surface area contributed by atoms with Crippen LogP contribution < -0.4 is 5.73 Å². The standard InChI is InChI=1S/C16H22N2O3/c1-2-21-16(20)11-18(13-8-9-13)15(19)10-14(17)12-6-4-3-5-7-12/h3-7,13-14H,2,8-11,17H2,1H3. The number of benzene rings is 1. The zero-order valence-electron chi connectivity index (χ0n) is 12.3. The van der Waals surface area contributed by atoms with Crippen molar-refractivity contribution in [2.45, 2.75) is 38.3 Å². The molecule has 0 aliphatic heterocycles. The van der Waals surface area contributed by atoms with E-state index in [2.05, 4.69) is 0 Å². The van der Waals surface area contributed by atoms with Crippen LogP contribution in [0.4, 0.5) is 0 Å². The molecule has 5 heteroatoms. The van der Waals surface area contributed by atoms with Gasteiger partial charge in [0.15, 0.2) is 0 Å². The second-order valence-electron chi connectivity index (χ2n) is 5.28. The lowest BCUT2D eigenvalue weighted by atomic mass is 10.0. The highest BCUT2D eigenvalue weighted by molar-refractivity contribution is 5.83. The number of carbonyl (C=O) groups excluding carboxylic acids is 2. The summed E-state index contributed by atoms with van der Waals surface area (Å²) in [6, 6.07) is 9.35. The van der Waals surface area contributed by atoms with E-state index in [1.165, 1.54) is 0 Å². The third-order valence-corrected chi connectivity index (χ3v) is 3.54. The molecule has 0 heterocycles. The average molecular weight is 290 g/mol. The Bertz CT molecular complexity index is 486. The fourth-order valence-corrected chi connectivity index (χ4v) is 2.28. The van der Waals surface area contributed by atoms with E-state index in [0.29, 0.717) is 6.61 Å². The summed E-state index contributed by atoms with van der Waals surface area (Å²) < 4.78 is 4.93. The minimum absolute atomic E-state index is 0.0266. The predicted octanol–water partition coefficient (Wildman–Crippen LogP) is 1.63. The lowest BCUT2D eigenvalue weighted by molar-refractivity contribution is -0.149. The number of esters is 1. The van der Waals surface area contributed by atoms with E-state index in [-0.39, 0.29) is 36.9 Å². The number of hydrogen-bond acceptors (Lipinski definition) is 4. The van der Waals surface area contributed by atoms with Crippen molar-refractivity contribution in [3.8, 4) is 0 Å². The maximum atomic E-state index is 12.4. The molecule has 0 aromatic heterocycles. The predicted molar refractivity (Wildman–Crippen MR) is 79.4 cm³/mol. The summed E-state index contributed by atoms with van der Waals surface area (Å²) >= 11 is 0. The zero-order valence-corrected chi connectivity index (χ0v) is 12.3. The zero-order chi connectivity index (χ0) is 15.2. The summed E-state index contributed by atoms with van der Waals surface area (Å²) in [6.07, 6.45) is 2.11. The molecule has 0 radical (unpaired) electrons. The number of hydrogen-bond donors (Lipinski definition) is 1. The molecule has 1 aromatic carbocycles. The normalized spacial score (nSPS) is 15.3. The third kappa shape index (κ3) is 4.56. The van der Waals surface area contributed by atoms with Crippen molar-refractivity contribution in [2.75, 3.05) is 13.2 Å². The third-order valence-electron chi connectivity index (χ3n) is 3.54. The van der Waals surface area contributed by atoms with Crippen LogP contribution in [0.1, 0.15) is 37.8 Å². The van der Waals surface area contributed by atoms with E-state index in [1.807, 2.05) is 30.3 Å². The second-order valence-corrected chi connectivity index (χ2v) is 5.28. The summed E-state index contributed by atoms with van der Waals surface area (Å²) in [5.41, 5.74) is 7.01. The summed E-state index contributed by atoms with van der Waals surface area (Å²) in [6.45, 7) is 2.11. The van der Waals surface area contributed by atoms with Gasteiger partial charge in [-0.3, -0.25) is 9.59 Å². The van der Waals surface area contributed by atoms with Gasteiger partial charge < -0.3 is 15.4 Å². The van der Waals surface area contributed by atoms with Gasteiger partial charge in [0, 0.05) is 18.5 Å². The van der Waals surface area contributed by atoms with E-state index in [1.54, 1.807) is 11.8 Å². The number of rotatable bonds is 7. The van der Waals surface area contributed by atoms with Crippen LogP contribution in [0.3, 0.4) is 0 Å². The molecule has 1 unspecified atom stereocenters. The van der Waals surface area contributed by atoms with Gasteiger partial charge in [0.2, 0.25) is 5.91 Å². The molecule has 0 saturated heterocycles. The summed E-state index contributed by atoms with van der Waals surface area (Å²) in [5, 5.41) is 0. The fourth-order valence-electron chi connectivity index (χ4n) is 2.28. The Balaban J connectivity index is 1.94. The number of amides is 1. The smallest absolute Gasteiger partial charge is 0.325 e. The lowest BCUT2D eigenvalue weighted by Crippen LogP contribution is -2.39. The molecule has 1 atom stereocenters. The molecule has 1 aliphatic rings. The summed E-state index contributed by atoms with van der Waals surface area (Å²) in [7, 11) is 0. The van der Waals surface area contributed by atoms with Crippen LogP contribution in [0.5, 0.6) is 0 Å². The van der Waals surface area contributed by atoms with E-state index < -0.39 is 0 Å². The van der Waals surface area contributed by atoms with Crippen LogP contribution in [0.15, 0.2) is 30.3 Å². The molecule has 0 spiro atoms. The van der Waals surface area contributed by atoms with Crippen LogP contribution in [-0.4, -0.2) is 36.0 Å². The van der Waals surface area contributed by atoms with Gasteiger partial charge in [0.05, 0.1) is 6.61 Å². The van der Waals surface area contributed by atoms with Crippen molar-refractivity contribution in [3.63, 3.8) is 0 Å². The first-order chi connectivity index (χ1) is 10.1. The molecule has 1 aliphatic carbocycles. The Morgan fingerprint density at radius 1 is 1.33 bits per heavy atom. The molecular formula is C16H22N2O3. The van der Waals surface area contributed by atoms with Crippen LogP contribution in [-0.2, 0) is 14.3 Å². The molecule has 0 bridgehead atoms. The Hall–Kier alpha value is -1.88. The maximum Gasteiger partial charge on any atom is 0.325 e. The van der Waals surface area contributed by atoms with Crippen LogP contribution >= 0.6 is 0 Å². The molecule has 1 fully saturated rings. The lowest BCUT2D eigenvalue weighted by Gasteiger charge is -2.23. The van der Waals surface area contributed by atoms with E-state index in [9.17, 15) is 9.59 Å². The molecule has 2 N–H and O–H groups in total. The van der Waals surface area contributed by atoms with Gasteiger partial charge in [-0.25, -0.2) is 0 Å². The first-order valence-electron chi connectivity index (χ1n) is 7.37. The Labute approximate surface area is 125 Å². The second kappa shape index (κ2) is 7.22. The van der Waals surface area contributed by atoms with E-state index in [0.717, 1.165) is 18.4 Å². The van der Waals surface area contributed by atoms with Gasteiger partial charge >= 0.3 is 5.97 Å². The average Bonchev–Trinajstić information content (AvgIpc) is 3.30.